The number of unbranched alkanes of at least 4 members (excludes halogenated alkanes) is 24. The van der Waals surface area contributed by atoms with Crippen LogP contribution in [-0.2, 0) is 14.3 Å². The molecule has 0 aromatic rings. The Bertz CT molecular complexity index is 821. The second-order valence-electron chi connectivity index (χ2n) is 18.0. The first-order valence-corrected chi connectivity index (χ1v) is 25.9. The van der Waals surface area contributed by atoms with Crippen LogP contribution in [-0.4, -0.2) is 66.6 Å². The zero-order valence-electron chi connectivity index (χ0n) is 39.5. The number of aliphatic hydroxyl groups is 2. The molecule has 346 valence electrons. The smallest absolute Gasteiger partial charge is 0.305 e. The van der Waals surface area contributed by atoms with Gasteiger partial charge in [-0.2, -0.15) is 0 Å². The van der Waals surface area contributed by atoms with E-state index in [1.54, 1.807) is 0 Å². The van der Waals surface area contributed by atoms with Crippen LogP contribution in [0.1, 0.15) is 265 Å². The lowest BCUT2D eigenvalue weighted by Crippen LogP contribution is -2.29. The maximum Gasteiger partial charge on any atom is 0.305 e. The maximum atomic E-state index is 12.1. The SMILES string of the molecule is C=C(CCCCCCCN(CCO)CCCC(CCCO)CCCCCCCC(=O)OCCCCCCCCC)OC(CCCCCCCC)CCCCCCCC. The molecule has 0 radical (unpaired) electrons. The molecule has 0 amide bonds. The highest BCUT2D eigenvalue weighted by Gasteiger charge is 2.13. The van der Waals surface area contributed by atoms with E-state index < -0.39 is 0 Å². The van der Waals surface area contributed by atoms with Crippen LogP contribution in [0.15, 0.2) is 12.3 Å². The Morgan fingerprint density at radius 2 is 0.897 bits per heavy atom. The van der Waals surface area contributed by atoms with E-state index in [0.29, 0.717) is 25.0 Å². The number of carbonyl (C=O) groups excluding carboxylic acids is 1. The van der Waals surface area contributed by atoms with Crippen LogP contribution >= 0.6 is 0 Å². The lowest BCUT2D eigenvalue weighted by atomic mass is 9.91. The van der Waals surface area contributed by atoms with Crippen LogP contribution in [0, 0.1) is 5.92 Å². The van der Waals surface area contributed by atoms with E-state index in [1.807, 2.05) is 0 Å². The van der Waals surface area contributed by atoms with Crippen molar-refractivity contribution in [1.29, 1.82) is 0 Å². The van der Waals surface area contributed by atoms with Crippen molar-refractivity contribution >= 4 is 5.97 Å². The van der Waals surface area contributed by atoms with Gasteiger partial charge in [-0.15, -0.1) is 0 Å². The first-order valence-electron chi connectivity index (χ1n) is 25.9. The van der Waals surface area contributed by atoms with Gasteiger partial charge in [0.15, 0.2) is 0 Å². The van der Waals surface area contributed by atoms with Gasteiger partial charge in [0.25, 0.3) is 0 Å². The van der Waals surface area contributed by atoms with Gasteiger partial charge in [-0.1, -0.05) is 181 Å². The molecule has 1 unspecified atom stereocenters. The minimum absolute atomic E-state index is 0.0195. The number of esters is 1. The van der Waals surface area contributed by atoms with Crippen LogP contribution in [0.25, 0.3) is 0 Å². The van der Waals surface area contributed by atoms with Gasteiger partial charge < -0.3 is 24.6 Å². The predicted octanol–water partition coefficient (Wildman–Crippen LogP) is 15.2. The number of carbonyl (C=O) groups is 1. The molecule has 0 fully saturated rings. The van der Waals surface area contributed by atoms with Crippen molar-refractivity contribution in [1.82, 2.24) is 4.90 Å². The summed E-state index contributed by atoms with van der Waals surface area (Å²) < 4.78 is 11.9. The van der Waals surface area contributed by atoms with Crippen LogP contribution in [0.4, 0.5) is 0 Å². The maximum absolute atomic E-state index is 12.1. The van der Waals surface area contributed by atoms with Gasteiger partial charge >= 0.3 is 5.97 Å². The van der Waals surface area contributed by atoms with Gasteiger partial charge in [-0.25, -0.2) is 0 Å². The first kappa shape index (κ1) is 56.9. The molecule has 0 aromatic carbocycles. The molecule has 2 N–H and O–H groups in total. The normalized spacial score (nSPS) is 12.2. The highest BCUT2D eigenvalue weighted by Crippen LogP contribution is 2.23. The molecule has 6 heteroatoms. The Labute approximate surface area is 362 Å². The summed E-state index contributed by atoms with van der Waals surface area (Å²) in [5.74, 6) is 1.66. The minimum atomic E-state index is -0.0195. The Balaban J connectivity index is 4.19. The van der Waals surface area contributed by atoms with Gasteiger partial charge in [0.05, 0.1) is 25.1 Å². The molecular formula is C52H103NO5. The van der Waals surface area contributed by atoms with Crippen molar-refractivity contribution < 1.29 is 24.5 Å². The summed E-state index contributed by atoms with van der Waals surface area (Å²) in [4.78, 5) is 14.5. The largest absolute Gasteiger partial charge is 0.495 e. The fourth-order valence-electron chi connectivity index (χ4n) is 8.49. The van der Waals surface area contributed by atoms with Gasteiger partial charge in [0.2, 0.25) is 0 Å². The number of aliphatic hydroxyl groups excluding tert-OH is 2. The highest BCUT2D eigenvalue weighted by atomic mass is 16.5. The lowest BCUT2D eigenvalue weighted by Gasteiger charge is -2.23. The van der Waals surface area contributed by atoms with Gasteiger partial charge in [0, 0.05) is 26.0 Å². The Morgan fingerprint density at radius 3 is 1.45 bits per heavy atom. The predicted molar refractivity (Wildman–Crippen MR) is 252 cm³/mol. The number of allylic oxidation sites excluding steroid dienone is 1. The standard InChI is InChI=1S/C52H103NO5/c1-5-8-11-14-17-26-33-48-57-52(56)42-31-24-18-21-28-37-50(39-35-46-54)38-34-44-53(45-47-55)43-32-25-19-20-27-36-49(4)58-51(40-29-22-15-12-9-6-2)41-30-23-16-13-10-7-3/h50-51,54-55H,4-48H2,1-3H3. The van der Waals surface area contributed by atoms with E-state index in [9.17, 15) is 15.0 Å². The van der Waals surface area contributed by atoms with Gasteiger partial charge in [-0.3, -0.25) is 4.79 Å². The van der Waals surface area contributed by atoms with Crippen molar-refractivity contribution in [2.24, 2.45) is 5.92 Å². The highest BCUT2D eigenvalue weighted by molar-refractivity contribution is 5.69. The number of nitrogens with zero attached hydrogens (tertiary/aromatic N) is 1. The molecule has 0 aliphatic carbocycles. The monoisotopic (exact) mass is 822 g/mol. The number of hydrogen-bond donors (Lipinski definition) is 2. The molecule has 0 saturated heterocycles. The van der Waals surface area contributed by atoms with Crippen LogP contribution in [0.3, 0.4) is 0 Å². The fraction of sp³-hybridized carbons (Fsp3) is 0.942. The third kappa shape index (κ3) is 41.6. The molecule has 0 rings (SSSR count). The quantitative estimate of drug-likeness (QED) is 0.0361. The summed E-state index contributed by atoms with van der Waals surface area (Å²) in [6.07, 6.45) is 46.5. The summed E-state index contributed by atoms with van der Waals surface area (Å²) in [6, 6.07) is 0. The van der Waals surface area contributed by atoms with Crippen molar-refractivity contribution in [2.45, 2.75) is 271 Å². The molecule has 0 heterocycles. The lowest BCUT2D eigenvalue weighted by molar-refractivity contribution is -0.143. The molecule has 0 bridgehead atoms. The molecule has 0 aromatic heterocycles. The van der Waals surface area contributed by atoms with Crippen molar-refractivity contribution in [3.05, 3.63) is 12.3 Å². The molecule has 0 spiro atoms. The van der Waals surface area contributed by atoms with Crippen molar-refractivity contribution in [3.63, 3.8) is 0 Å². The summed E-state index contributed by atoms with van der Waals surface area (Å²) in [6.45, 7) is 15.2. The van der Waals surface area contributed by atoms with E-state index in [-0.39, 0.29) is 19.2 Å². The Morgan fingerprint density at radius 1 is 0.466 bits per heavy atom. The zero-order valence-corrected chi connectivity index (χ0v) is 39.5. The van der Waals surface area contributed by atoms with Crippen LogP contribution < -0.4 is 0 Å². The number of hydrogen-bond acceptors (Lipinski definition) is 6. The minimum Gasteiger partial charge on any atom is -0.495 e. The van der Waals surface area contributed by atoms with Crippen LogP contribution in [0.2, 0.25) is 0 Å². The van der Waals surface area contributed by atoms with Crippen molar-refractivity contribution in [2.75, 3.05) is 39.5 Å². The molecule has 0 saturated carbocycles. The van der Waals surface area contributed by atoms with E-state index in [1.165, 1.54) is 193 Å². The Hall–Kier alpha value is -1.11. The molecule has 0 aliphatic heterocycles. The molecule has 6 nitrogen and oxygen atoms in total. The van der Waals surface area contributed by atoms with Gasteiger partial charge in [-0.05, 0) is 96.1 Å². The summed E-state index contributed by atoms with van der Waals surface area (Å²) in [5, 5.41) is 19.2. The third-order valence-corrected chi connectivity index (χ3v) is 12.3. The van der Waals surface area contributed by atoms with E-state index in [0.717, 1.165) is 70.3 Å². The van der Waals surface area contributed by atoms with Crippen LogP contribution in [0.5, 0.6) is 0 Å². The average Bonchev–Trinajstić information content (AvgIpc) is 3.22. The second-order valence-corrected chi connectivity index (χ2v) is 18.0. The van der Waals surface area contributed by atoms with Crippen molar-refractivity contribution in [3.8, 4) is 0 Å². The van der Waals surface area contributed by atoms with E-state index >= 15 is 0 Å². The summed E-state index contributed by atoms with van der Waals surface area (Å²) in [5.41, 5.74) is 0. The molecule has 0 aliphatic rings. The van der Waals surface area contributed by atoms with E-state index in [2.05, 4.69) is 32.3 Å². The Kier molecular flexibility index (Phi) is 46.0. The summed E-state index contributed by atoms with van der Waals surface area (Å²) >= 11 is 0. The van der Waals surface area contributed by atoms with E-state index in [4.69, 9.17) is 9.47 Å². The first-order chi connectivity index (χ1) is 28.5. The zero-order chi connectivity index (χ0) is 42.4. The summed E-state index contributed by atoms with van der Waals surface area (Å²) in [7, 11) is 0. The average molecular weight is 822 g/mol. The fourth-order valence-corrected chi connectivity index (χ4v) is 8.49. The topological polar surface area (TPSA) is 79.2 Å². The molecular weight excluding hydrogens is 719 g/mol. The number of rotatable bonds is 49. The van der Waals surface area contributed by atoms with Gasteiger partial charge in [0.1, 0.15) is 0 Å². The molecule has 1 atom stereocenters. The molecule has 58 heavy (non-hydrogen) atoms. The third-order valence-electron chi connectivity index (χ3n) is 12.3. The number of ether oxygens (including phenoxy) is 2. The second kappa shape index (κ2) is 46.9.